The lowest BCUT2D eigenvalue weighted by Crippen LogP contribution is -2.15. The standard InChI is InChI=1S/C13H11BrF2N2O/c1-7(2)18-11(3-4-17-18)13(19)12-9(15)5-8(14)6-10(12)16/h3-7H,1-2H3. The second-order valence-corrected chi connectivity index (χ2v) is 5.24. The fraction of sp³-hybridized carbons (Fsp3) is 0.231. The van der Waals surface area contributed by atoms with Gasteiger partial charge >= 0.3 is 0 Å². The quantitative estimate of drug-likeness (QED) is 0.804. The highest BCUT2D eigenvalue weighted by Gasteiger charge is 2.23. The summed E-state index contributed by atoms with van der Waals surface area (Å²) >= 11 is 2.97. The molecule has 19 heavy (non-hydrogen) atoms. The van der Waals surface area contributed by atoms with Crippen LogP contribution in [0.4, 0.5) is 8.78 Å². The number of aromatic nitrogens is 2. The monoisotopic (exact) mass is 328 g/mol. The maximum absolute atomic E-state index is 13.8. The molecule has 100 valence electrons. The first-order valence-corrected chi connectivity index (χ1v) is 6.44. The molecule has 0 amide bonds. The van der Waals surface area contributed by atoms with Gasteiger partial charge in [0.25, 0.3) is 0 Å². The van der Waals surface area contributed by atoms with Crippen molar-refractivity contribution < 1.29 is 13.6 Å². The number of nitrogens with zero attached hydrogens (tertiary/aromatic N) is 2. The third-order valence-electron chi connectivity index (χ3n) is 2.63. The molecule has 0 atom stereocenters. The predicted octanol–water partition coefficient (Wildman–Crippen LogP) is 3.74. The van der Waals surface area contributed by atoms with Crippen molar-refractivity contribution in [1.82, 2.24) is 9.78 Å². The van der Waals surface area contributed by atoms with Gasteiger partial charge in [-0.1, -0.05) is 15.9 Å². The lowest BCUT2D eigenvalue weighted by atomic mass is 10.1. The summed E-state index contributed by atoms with van der Waals surface area (Å²) in [5.41, 5.74) is -0.402. The lowest BCUT2D eigenvalue weighted by molar-refractivity contribution is 0.101. The smallest absolute Gasteiger partial charge is 0.216 e. The Labute approximate surface area is 117 Å². The molecule has 0 unspecified atom stereocenters. The highest BCUT2D eigenvalue weighted by atomic mass is 79.9. The Morgan fingerprint density at radius 2 is 1.89 bits per heavy atom. The van der Waals surface area contributed by atoms with E-state index < -0.39 is 23.0 Å². The Morgan fingerprint density at radius 1 is 1.32 bits per heavy atom. The number of rotatable bonds is 3. The summed E-state index contributed by atoms with van der Waals surface area (Å²) in [6.07, 6.45) is 1.43. The molecule has 0 bridgehead atoms. The largest absolute Gasteiger partial charge is 0.287 e. The summed E-state index contributed by atoms with van der Waals surface area (Å²) in [5.74, 6) is -2.50. The second-order valence-electron chi connectivity index (χ2n) is 4.33. The number of ketones is 1. The molecule has 1 aromatic heterocycles. The third-order valence-corrected chi connectivity index (χ3v) is 3.08. The van der Waals surface area contributed by atoms with Crippen LogP contribution in [-0.2, 0) is 0 Å². The molecule has 0 fully saturated rings. The Balaban J connectivity index is 2.54. The van der Waals surface area contributed by atoms with E-state index in [9.17, 15) is 13.6 Å². The predicted molar refractivity (Wildman–Crippen MR) is 70.1 cm³/mol. The van der Waals surface area contributed by atoms with E-state index in [-0.39, 0.29) is 16.2 Å². The highest BCUT2D eigenvalue weighted by molar-refractivity contribution is 9.10. The van der Waals surface area contributed by atoms with Crippen molar-refractivity contribution in [3.63, 3.8) is 0 Å². The fourth-order valence-electron chi connectivity index (χ4n) is 1.79. The van der Waals surface area contributed by atoms with E-state index in [4.69, 9.17) is 0 Å². The van der Waals surface area contributed by atoms with Crippen LogP contribution in [0.25, 0.3) is 0 Å². The number of hydrogen-bond acceptors (Lipinski definition) is 2. The van der Waals surface area contributed by atoms with E-state index in [0.29, 0.717) is 0 Å². The average molecular weight is 329 g/mol. The SMILES string of the molecule is CC(C)n1nccc1C(=O)c1c(F)cc(Br)cc1F. The van der Waals surface area contributed by atoms with E-state index in [1.165, 1.54) is 16.9 Å². The molecule has 0 aliphatic heterocycles. The zero-order valence-electron chi connectivity index (χ0n) is 10.3. The van der Waals surface area contributed by atoms with Crippen LogP contribution in [0.15, 0.2) is 28.9 Å². The van der Waals surface area contributed by atoms with Crippen LogP contribution < -0.4 is 0 Å². The van der Waals surface area contributed by atoms with Gasteiger partial charge in [0, 0.05) is 16.7 Å². The summed E-state index contributed by atoms with van der Waals surface area (Å²) in [6, 6.07) is 3.50. The maximum Gasteiger partial charge on any atom is 0.216 e. The van der Waals surface area contributed by atoms with Crippen LogP contribution >= 0.6 is 15.9 Å². The van der Waals surface area contributed by atoms with Gasteiger partial charge in [-0.25, -0.2) is 8.78 Å². The van der Waals surface area contributed by atoms with Crippen molar-refractivity contribution in [3.8, 4) is 0 Å². The van der Waals surface area contributed by atoms with Crippen LogP contribution in [0.2, 0.25) is 0 Å². The van der Waals surface area contributed by atoms with Gasteiger partial charge < -0.3 is 0 Å². The first-order chi connectivity index (χ1) is 8.91. The van der Waals surface area contributed by atoms with Gasteiger partial charge in [0.15, 0.2) is 0 Å². The molecule has 0 N–H and O–H groups in total. The minimum absolute atomic E-state index is 0.0736. The van der Waals surface area contributed by atoms with E-state index >= 15 is 0 Å². The fourth-order valence-corrected chi connectivity index (χ4v) is 2.19. The Hall–Kier alpha value is -1.56. The van der Waals surface area contributed by atoms with Crippen LogP contribution in [0.1, 0.15) is 35.9 Å². The van der Waals surface area contributed by atoms with E-state index in [1.807, 2.05) is 13.8 Å². The number of carbonyl (C=O) groups is 1. The molecule has 0 aliphatic carbocycles. The number of hydrogen-bond donors (Lipinski definition) is 0. The molecule has 3 nitrogen and oxygen atoms in total. The zero-order valence-corrected chi connectivity index (χ0v) is 11.9. The molecular formula is C13H11BrF2N2O. The molecule has 0 spiro atoms. The Kier molecular flexibility index (Phi) is 3.80. The molecule has 0 aliphatic rings. The van der Waals surface area contributed by atoms with Crippen LogP contribution in [-0.4, -0.2) is 15.6 Å². The summed E-state index contributed by atoms with van der Waals surface area (Å²) in [4.78, 5) is 12.2. The van der Waals surface area contributed by atoms with Crippen LogP contribution in [0.3, 0.4) is 0 Å². The molecule has 2 rings (SSSR count). The Bertz CT molecular complexity index is 614. The number of carbonyl (C=O) groups excluding carboxylic acids is 1. The van der Waals surface area contributed by atoms with Crippen LogP contribution in [0, 0.1) is 11.6 Å². The maximum atomic E-state index is 13.8. The Morgan fingerprint density at radius 3 is 2.42 bits per heavy atom. The van der Waals surface area contributed by atoms with Gasteiger partial charge in [-0.3, -0.25) is 9.48 Å². The molecule has 1 aromatic carbocycles. The molecular weight excluding hydrogens is 318 g/mol. The summed E-state index contributed by atoms with van der Waals surface area (Å²) < 4.78 is 29.2. The van der Waals surface area contributed by atoms with E-state index in [0.717, 1.165) is 12.1 Å². The molecule has 6 heteroatoms. The number of halogens is 3. The van der Waals surface area contributed by atoms with E-state index in [2.05, 4.69) is 21.0 Å². The van der Waals surface area contributed by atoms with Gasteiger partial charge in [-0.15, -0.1) is 0 Å². The second kappa shape index (κ2) is 5.21. The van der Waals surface area contributed by atoms with Crippen molar-refractivity contribution in [2.45, 2.75) is 19.9 Å². The normalized spacial score (nSPS) is 11.1. The molecule has 0 saturated carbocycles. The van der Waals surface area contributed by atoms with Gasteiger partial charge in [0.2, 0.25) is 5.78 Å². The first kappa shape index (κ1) is 13.9. The van der Waals surface area contributed by atoms with Crippen molar-refractivity contribution >= 4 is 21.7 Å². The van der Waals surface area contributed by atoms with Crippen molar-refractivity contribution in [1.29, 1.82) is 0 Å². The highest BCUT2D eigenvalue weighted by Crippen LogP contribution is 2.22. The minimum atomic E-state index is -0.895. The first-order valence-electron chi connectivity index (χ1n) is 5.64. The van der Waals surface area contributed by atoms with Gasteiger partial charge in [-0.05, 0) is 32.0 Å². The van der Waals surface area contributed by atoms with Gasteiger partial charge in [0.1, 0.15) is 17.3 Å². The topological polar surface area (TPSA) is 34.9 Å². The third kappa shape index (κ3) is 2.58. The van der Waals surface area contributed by atoms with Crippen molar-refractivity contribution in [2.24, 2.45) is 0 Å². The lowest BCUT2D eigenvalue weighted by Gasteiger charge is -2.11. The zero-order chi connectivity index (χ0) is 14.2. The minimum Gasteiger partial charge on any atom is -0.287 e. The van der Waals surface area contributed by atoms with Gasteiger partial charge in [0.05, 0.1) is 5.56 Å². The molecule has 0 saturated heterocycles. The van der Waals surface area contributed by atoms with Crippen molar-refractivity contribution in [3.05, 3.63) is 51.8 Å². The number of benzene rings is 1. The molecule has 1 heterocycles. The summed E-state index contributed by atoms with van der Waals surface area (Å²) in [7, 11) is 0. The summed E-state index contributed by atoms with van der Waals surface area (Å²) in [5, 5.41) is 3.98. The average Bonchev–Trinajstić information content (AvgIpc) is 2.75. The molecule has 0 radical (unpaired) electrons. The summed E-state index contributed by atoms with van der Waals surface area (Å²) in [6.45, 7) is 3.66. The van der Waals surface area contributed by atoms with Crippen molar-refractivity contribution in [2.75, 3.05) is 0 Å². The van der Waals surface area contributed by atoms with E-state index in [1.54, 1.807) is 0 Å². The van der Waals surface area contributed by atoms with Crippen LogP contribution in [0.5, 0.6) is 0 Å². The van der Waals surface area contributed by atoms with Gasteiger partial charge in [-0.2, -0.15) is 5.10 Å². The molecule has 2 aromatic rings.